The number of benzene rings is 1. The number of hydrogen-bond donors (Lipinski definition) is 2. The van der Waals surface area contributed by atoms with E-state index in [1.165, 1.54) is 0 Å². The molecule has 0 bridgehead atoms. The summed E-state index contributed by atoms with van der Waals surface area (Å²) in [5, 5.41) is 12.1. The van der Waals surface area contributed by atoms with Gasteiger partial charge in [-0.05, 0) is 12.0 Å². The predicted octanol–water partition coefficient (Wildman–Crippen LogP) is 2.18. The van der Waals surface area contributed by atoms with Crippen LogP contribution in [0.25, 0.3) is 0 Å². The number of hydrogen-bond acceptors (Lipinski definition) is 4. The highest BCUT2D eigenvalue weighted by atomic mass is 16.5. The molecule has 1 aromatic rings. The van der Waals surface area contributed by atoms with Crippen LogP contribution in [-0.4, -0.2) is 35.4 Å². The van der Waals surface area contributed by atoms with Crippen LogP contribution in [0.4, 0.5) is 4.79 Å². The summed E-state index contributed by atoms with van der Waals surface area (Å²) in [4.78, 5) is 23.4. The van der Waals surface area contributed by atoms with Gasteiger partial charge in [0.25, 0.3) is 0 Å². The molecule has 1 heterocycles. The summed E-state index contributed by atoms with van der Waals surface area (Å²) >= 11 is 0. The highest BCUT2D eigenvalue weighted by Crippen LogP contribution is 2.53. The van der Waals surface area contributed by atoms with Crippen LogP contribution in [0, 0.1) is 11.8 Å². The van der Waals surface area contributed by atoms with Gasteiger partial charge >= 0.3 is 12.1 Å². The fraction of sp³-hybridized carbons (Fsp3) is 0.529. The molecule has 6 heteroatoms. The Kier molecular flexibility index (Phi) is 4.26. The van der Waals surface area contributed by atoms with Gasteiger partial charge in [0.1, 0.15) is 6.61 Å². The van der Waals surface area contributed by atoms with E-state index >= 15 is 0 Å². The maximum absolute atomic E-state index is 12.2. The largest absolute Gasteiger partial charge is 0.481 e. The minimum Gasteiger partial charge on any atom is -0.481 e. The second kappa shape index (κ2) is 6.20. The van der Waals surface area contributed by atoms with Crippen molar-refractivity contribution in [1.82, 2.24) is 5.32 Å². The van der Waals surface area contributed by atoms with Crippen molar-refractivity contribution < 1.29 is 24.2 Å². The third kappa shape index (κ3) is 2.91. The zero-order valence-corrected chi connectivity index (χ0v) is 13.0. The molecule has 3 rings (SSSR count). The van der Waals surface area contributed by atoms with E-state index in [1.807, 2.05) is 37.3 Å². The third-order valence-corrected chi connectivity index (χ3v) is 5.09. The number of fused-ring (bicyclic) bond motifs is 1. The van der Waals surface area contributed by atoms with Crippen LogP contribution in [0.15, 0.2) is 30.3 Å². The third-order valence-electron chi connectivity index (χ3n) is 5.09. The highest BCUT2D eigenvalue weighted by molar-refractivity contribution is 5.73. The Bertz CT molecular complexity index is 590. The molecule has 1 aliphatic carbocycles. The zero-order chi connectivity index (χ0) is 16.4. The SMILES string of the molecule is CC1C2OCCC2C1(CC(=O)O)NC(=O)OCc1ccccc1. The minimum atomic E-state index is -0.925. The van der Waals surface area contributed by atoms with Crippen molar-refractivity contribution >= 4 is 12.1 Å². The van der Waals surface area contributed by atoms with E-state index in [0.717, 1.165) is 12.0 Å². The molecule has 1 aliphatic heterocycles. The lowest BCUT2D eigenvalue weighted by molar-refractivity contribution is -0.150. The molecule has 2 fully saturated rings. The number of carbonyl (C=O) groups excluding carboxylic acids is 1. The lowest BCUT2D eigenvalue weighted by Crippen LogP contribution is -2.72. The van der Waals surface area contributed by atoms with Gasteiger partial charge in [0.2, 0.25) is 0 Å². The number of carbonyl (C=O) groups is 2. The van der Waals surface area contributed by atoms with Gasteiger partial charge in [0.05, 0.1) is 18.1 Å². The van der Waals surface area contributed by atoms with Crippen LogP contribution in [0.2, 0.25) is 0 Å². The van der Waals surface area contributed by atoms with Crippen LogP contribution in [-0.2, 0) is 20.9 Å². The highest BCUT2D eigenvalue weighted by Gasteiger charge is 2.64. The maximum Gasteiger partial charge on any atom is 0.407 e. The van der Waals surface area contributed by atoms with Crippen molar-refractivity contribution in [2.75, 3.05) is 6.61 Å². The van der Waals surface area contributed by atoms with Crippen LogP contribution >= 0.6 is 0 Å². The van der Waals surface area contributed by atoms with Crippen LogP contribution < -0.4 is 5.32 Å². The smallest absolute Gasteiger partial charge is 0.407 e. The summed E-state index contributed by atoms with van der Waals surface area (Å²) in [6, 6.07) is 9.37. The number of aliphatic carboxylic acids is 1. The fourth-order valence-corrected chi connectivity index (χ4v) is 3.91. The van der Waals surface area contributed by atoms with Crippen molar-refractivity contribution in [2.24, 2.45) is 11.8 Å². The van der Waals surface area contributed by atoms with E-state index in [4.69, 9.17) is 9.47 Å². The molecular formula is C17H21NO5. The first kappa shape index (κ1) is 15.8. The van der Waals surface area contributed by atoms with Gasteiger partial charge in [-0.2, -0.15) is 0 Å². The monoisotopic (exact) mass is 319 g/mol. The number of carboxylic acids is 1. The second-order valence-corrected chi connectivity index (χ2v) is 6.32. The summed E-state index contributed by atoms with van der Waals surface area (Å²) in [5.41, 5.74) is 0.111. The molecule has 4 unspecified atom stereocenters. The number of alkyl carbamates (subject to hydrolysis) is 1. The summed E-state index contributed by atoms with van der Waals surface area (Å²) in [6.07, 6.45) is 0.108. The van der Waals surface area contributed by atoms with Crippen molar-refractivity contribution in [2.45, 2.75) is 38.0 Å². The molecule has 1 saturated carbocycles. The molecule has 23 heavy (non-hydrogen) atoms. The molecule has 2 aliphatic rings. The molecule has 1 amide bonds. The van der Waals surface area contributed by atoms with Crippen molar-refractivity contribution in [3.05, 3.63) is 35.9 Å². The normalized spacial score (nSPS) is 31.8. The quantitative estimate of drug-likeness (QED) is 0.869. The summed E-state index contributed by atoms with van der Waals surface area (Å²) < 4.78 is 10.9. The maximum atomic E-state index is 12.2. The first-order valence-corrected chi connectivity index (χ1v) is 7.85. The fourth-order valence-electron chi connectivity index (χ4n) is 3.91. The van der Waals surface area contributed by atoms with Crippen molar-refractivity contribution in [3.8, 4) is 0 Å². The molecule has 1 saturated heterocycles. The van der Waals surface area contributed by atoms with Crippen LogP contribution in [0.3, 0.4) is 0 Å². The van der Waals surface area contributed by atoms with Gasteiger partial charge in [-0.3, -0.25) is 4.79 Å². The van der Waals surface area contributed by atoms with E-state index in [-0.39, 0.29) is 31.0 Å². The first-order valence-electron chi connectivity index (χ1n) is 7.85. The van der Waals surface area contributed by atoms with Gasteiger partial charge in [-0.15, -0.1) is 0 Å². The lowest BCUT2D eigenvalue weighted by atomic mass is 9.55. The van der Waals surface area contributed by atoms with Gasteiger partial charge in [-0.1, -0.05) is 37.3 Å². The summed E-state index contributed by atoms with van der Waals surface area (Å²) in [7, 11) is 0. The lowest BCUT2D eigenvalue weighted by Gasteiger charge is -2.56. The average molecular weight is 319 g/mol. The number of nitrogens with one attached hydrogen (secondary N) is 1. The van der Waals surface area contributed by atoms with Gasteiger partial charge in [0, 0.05) is 18.4 Å². The van der Waals surface area contributed by atoms with Crippen LogP contribution in [0.1, 0.15) is 25.3 Å². The first-order chi connectivity index (χ1) is 11.0. The predicted molar refractivity (Wildman–Crippen MR) is 81.8 cm³/mol. The number of rotatable bonds is 5. The Balaban J connectivity index is 1.65. The molecular weight excluding hydrogens is 298 g/mol. The molecule has 2 N–H and O–H groups in total. The topological polar surface area (TPSA) is 84.9 Å². The van der Waals surface area contributed by atoms with E-state index in [1.54, 1.807) is 0 Å². The Morgan fingerprint density at radius 2 is 2.13 bits per heavy atom. The Morgan fingerprint density at radius 1 is 1.39 bits per heavy atom. The van der Waals surface area contributed by atoms with E-state index < -0.39 is 17.6 Å². The molecule has 124 valence electrons. The molecule has 6 nitrogen and oxygen atoms in total. The minimum absolute atomic E-state index is 0.0313. The average Bonchev–Trinajstić information content (AvgIpc) is 2.99. The number of carboxylic acid groups (broad SMARTS) is 1. The van der Waals surface area contributed by atoms with Crippen molar-refractivity contribution in [1.29, 1.82) is 0 Å². The van der Waals surface area contributed by atoms with Gasteiger partial charge < -0.3 is 19.9 Å². The number of ether oxygens (including phenoxy) is 2. The zero-order valence-electron chi connectivity index (χ0n) is 13.0. The molecule has 4 atom stereocenters. The van der Waals surface area contributed by atoms with Crippen LogP contribution in [0.5, 0.6) is 0 Å². The van der Waals surface area contributed by atoms with E-state index in [0.29, 0.717) is 6.61 Å². The Morgan fingerprint density at radius 3 is 2.83 bits per heavy atom. The molecule has 0 spiro atoms. The summed E-state index contributed by atoms with van der Waals surface area (Å²) in [6.45, 7) is 2.70. The summed E-state index contributed by atoms with van der Waals surface area (Å²) in [5.74, 6) is -0.932. The Hall–Kier alpha value is -2.08. The van der Waals surface area contributed by atoms with E-state index in [2.05, 4.69) is 5.32 Å². The molecule has 1 aromatic carbocycles. The second-order valence-electron chi connectivity index (χ2n) is 6.32. The van der Waals surface area contributed by atoms with Crippen molar-refractivity contribution in [3.63, 3.8) is 0 Å². The Labute approximate surface area is 134 Å². The van der Waals surface area contributed by atoms with E-state index in [9.17, 15) is 14.7 Å². The molecule has 0 radical (unpaired) electrons. The molecule has 0 aromatic heterocycles. The number of amides is 1. The standard InChI is InChI=1S/C17H21NO5/c1-11-15-13(7-8-22-15)17(11,9-14(19)20)18-16(21)23-10-12-5-3-2-4-6-12/h2-6,11,13,15H,7-10H2,1H3,(H,18,21)(H,19,20). The van der Waals surface area contributed by atoms with Gasteiger partial charge in [0.15, 0.2) is 0 Å². The van der Waals surface area contributed by atoms with Gasteiger partial charge in [-0.25, -0.2) is 4.79 Å².